The molecular formula is C27H25F2NO5. The maximum Gasteiger partial charge on any atom is 0.410 e. The zero-order valence-corrected chi connectivity index (χ0v) is 19.2. The lowest BCUT2D eigenvalue weighted by atomic mass is 9.90. The van der Waals surface area contributed by atoms with Gasteiger partial charge in [0.15, 0.2) is 0 Å². The zero-order valence-electron chi connectivity index (χ0n) is 19.2. The Kier molecular flexibility index (Phi) is 7.29. The highest BCUT2D eigenvalue weighted by atomic mass is 19.1. The van der Waals surface area contributed by atoms with Crippen molar-refractivity contribution in [2.75, 3.05) is 13.2 Å². The van der Waals surface area contributed by atoms with E-state index in [1.807, 2.05) is 6.92 Å². The molecule has 182 valence electrons. The lowest BCUT2D eigenvalue weighted by Gasteiger charge is -2.30. The summed E-state index contributed by atoms with van der Waals surface area (Å²) >= 11 is 0. The molecule has 35 heavy (non-hydrogen) atoms. The van der Waals surface area contributed by atoms with Crippen molar-refractivity contribution < 1.29 is 33.0 Å². The first-order valence-electron chi connectivity index (χ1n) is 11.3. The van der Waals surface area contributed by atoms with Crippen LogP contribution in [0.25, 0.3) is 11.1 Å². The second-order valence-corrected chi connectivity index (χ2v) is 8.24. The van der Waals surface area contributed by atoms with Crippen LogP contribution in [-0.2, 0) is 35.5 Å². The Labute approximate surface area is 201 Å². The number of ether oxygens (including phenoxy) is 2. The van der Waals surface area contributed by atoms with Crippen molar-refractivity contribution in [1.82, 2.24) is 4.90 Å². The van der Waals surface area contributed by atoms with Crippen molar-refractivity contribution >= 4 is 12.1 Å². The predicted octanol–water partition coefficient (Wildman–Crippen LogP) is 5.35. The molecule has 0 aromatic heterocycles. The number of amides is 1. The minimum atomic E-state index is -0.950. The minimum absolute atomic E-state index is 0.00198. The van der Waals surface area contributed by atoms with Gasteiger partial charge in [0.25, 0.3) is 0 Å². The second-order valence-electron chi connectivity index (χ2n) is 8.24. The van der Waals surface area contributed by atoms with E-state index in [0.717, 1.165) is 0 Å². The Morgan fingerprint density at radius 2 is 1.69 bits per heavy atom. The van der Waals surface area contributed by atoms with Gasteiger partial charge < -0.3 is 19.5 Å². The number of fused-ring (bicyclic) bond motifs is 1. The van der Waals surface area contributed by atoms with Gasteiger partial charge in [-0.15, -0.1) is 0 Å². The molecule has 1 aliphatic rings. The van der Waals surface area contributed by atoms with E-state index in [0.29, 0.717) is 58.7 Å². The van der Waals surface area contributed by atoms with E-state index in [2.05, 4.69) is 0 Å². The van der Waals surface area contributed by atoms with Gasteiger partial charge in [0.1, 0.15) is 24.0 Å². The molecule has 6 nitrogen and oxygen atoms in total. The Morgan fingerprint density at radius 3 is 2.40 bits per heavy atom. The third-order valence-corrected chi connectivity index (χ3v) is 5.88. The van der Waals surface area contributed by atoms with Gasteiger partial charge in [-0.05, 0) is 65.4 Å². The van der Waals surface area contributed by atoms with E-state index in [-0.39, 0.29) is 31.2 Å². The number of nitrogens with zero attached hydrogens (tertiary/aromatic N) is 1. The number of halogens is 2. The topological polar surface area (TPSA) is 76.1 Å². The average molecular weight is 481 g/mol. The Balaban J connectivity index is 1.60. The quantitative estimate of drug-likeness (QED) is 0.492. The van der Waals surface area contributed by atoms with E-state index >= 15 is 0 Å². The smallest absolute Gasteiger partial charge is 0.410 e. The normalized spacial score (nSPS) is 12.7. The number of carboxylic acids is 1. The summed E-state index contributed by atoms with van der Waals surface area (Å²) in [5, 5.41) is 9.12. The van der Waals surface area contributed by atoms with Crippen LogP contribution in [-0.4, -0.2) is 35.2 Å². The molecule has 0 aliphatic carbocycles. The fraction of sp³-hybridized carbons (Fsp3) is 0.259. The van der Waals surface area contributed by atoms with Crippen LogP contribution in [0.2, 0.25) is 0 Å². The Bertz CT molecular complexity index is 1240. The molecule has 0 spiro atoms. The van der Waals surface area contributed by atoms with Crippen molar-refractivity contribution in [3.63, 3.8) is 0 Å². The summed E-state index contributed by atoms with van der Waals surface area (Å²) in [5.74, 6) is -1.17. The number of hydrogen-bond acceptors (Lipinski definition) is 4. The van der Waals surface area contributed by atoms with E-state index in [1.54, 1.807) is 36.4 Å². The van der Waals surface area contributed by atoms with Crippen LogP contribution >= 0.6 is 0 Å². The highest BCUT2D eigenvalue weighted by Crippen LogP contribution is 2.38. The van der Waals surface area contributed by atoms with Gasteiger partial charge in [-0.3, -0.25) is 4.79 Å². The van der Waals surface area contributed by atoms with Gasteiger partial charge in [-0.1, -0.05) is 30.3 Å². The standard InChI is InChI=1S/C27H25F2NO5/c1-2-34-25-13-18(14-26(31)32)5-8-22(25)20-9-10-24(29)21-11-12-30(15-23(20)21)27(33)35-16-17-3-6-19(28)7-4-17/h3-10,13H,2,11-12,14-16H2,1H3,(H,31,32). The molecule has 0 atom stereocenters. The van der Waals surface area contributed by atoms with Crippen molar-refractivity contribution in [3.05, 3.63) is 88.5 Å². The molecule has 1 aliphatic heterocycles. The van der Waals surface area contributed by atoms with Crippen LogP contribution in [0, 0.1) is 11.6 Å². The molecule has 0 saturated carbocycles. The van der Waals surface area contributed by atoms with Gasteiger partial charge in [0, 0.05) is 18.7 Å². The summed E-state index contributed by atoms with van der Waals surface area (Å²) in [7, 11) is 0. The fourth-order valence-corrected chi connectivity index (χ4v) is 4.21. The van der Waals surface area contributed by atoms with Gasteiger partial charge >= 0.3 is 12.1 Å². The zero-order chi connectivity index (χ0) is 24.9. The lowest BCUT2D eigenvalue weighted by molar-refractivity contribution is -0.136. The first-order chi connectivity index (χ1) is 16.9. The molecule has 3 aromatic carbocycles. The molecule has 8 heteroatoms. The average Bonchev–Trinajstić information content (AvgIpc) is 2.84. The summed E-state index contributed by atoms with van der Waals surface area (Å²) in [5.41, 5.74) is 3.84. The van der Waals surface area contributed by atoms with Crippen LogP contribution in [0.4, 0.5) is 13.6 Å². The summed E-state index contributed by atoms with van der Waals surface area (Å²) < 4.78 is 39.0. The van der Waals surface area contributed by atoms with Gasteiger partial charge in [0.05, 0.1) is 13.0 Å². The van der Waals surface area contributed by atoms with Crippen molar-refractivity contribution in [3.8, 4) is 16.9 Å². The van der Waals surface area contributed by atoms with E-state index < -0.39 is 12.1 Å². The summed E-state index contributed by atoms with van der Waals surface area (Å²) in [6.45, 7) is 2.64. The van der Waals surface area contributed by atoms with Crippen LogP contribution in [0.3, 0.4) is 0 Å². The SMILES string of the molecule is CCOc1cc(CC(=O)O)ccc1-c1ccc(F)c2c1CN(C(=O)OCc1ccc(F)cc1)CC2. The van der Waals surface area contributed by atoms with Gasteiger partial charge in [-0.25, -0.2) is 13.6 Å². The van der Waals surface area contributed by atoms with Gasteiger partial charge in [0.2, 0.25) is 0 Å². The molecule has 0 unspecified atom stereocenters. The van der Waals surface area contributed by atoms with E-state index in [1.165, 1.54) is 23.1 Å². The maximum absolute atomic E-state index is 14.7. The Morgan fingerprint density at radius 1 is 0.971 bits per heavy atom. The molecule has 1 heterocycles. The number of aliphatic carboxylic acids is 1. The monoisotopic (exact) mass is 481 g/mol. The molecule has 0 saturated heterocycles. The third kappa shape index (κ3) is 5.59. The highest BCUT2D eigenvalue weighted by molar-refractivity contribution is 5.78. The van der Waals surface area contributed by atoms with Crippen LogP contribution < -0.4 is 4.74 Å². The first kappa shape index (κ1) is 24.2. The van der Waals surface area contributed by atoms with Crippen molar-refractivity contribution in [2.45, 2.75) is 32.9 Å². The summed E-state index contributed by atoms with van der Waals surface area (Å²) in [6, 6.07) is 13.9. The Hall–Kier alpha value is -3.94. The maximum atomic E-state index is 14.7. The summed E-state index contributed by atoms with van der Waals surface area (Å²) in [6.07, 6.45) is -0.367. The second kappa shape index (κ2) is 10.5. The van der Waals surface area contributed by atoms with E-state index in [9.17, 15) is 18.4 Å². The van der Waals surface area contributed by atoms with Crippen molar-refractivity contribution in [1.29, 1.82) is 0 Å². The predicted molar refractivity (Wildman–Crippen MR) is 125 cm³/mol. The minimum Gasteiger partial charge on any atom is -0.493 e. The molecule has 3 aromatic rings. The molecule has 0 radical (unpaired) electrons. The number of rotatable bonds is 7. The third-order valence-electron chi connectivity index (χ3n) is 5.88. The fourth-order valence-electron chi connectivity index (χ4n) is 4.21. The number of carbonyl (C=O) groups is 2. The van der Waals surface area contributed by atoms with Crippen LogP contribution in [0.5, 0.6) is 5.75 Å². The van der Waals surface area contributed by atoms with E-state index in [4.69, 9.17) is 14.6 Å². The van der Waals surface area contributed by atoms with Gasteiger partial charge in [-0.2, -0.15) is 0 Å². The van der Waals surface area contributed by atoms with Crippen LogP contribution in [0.15, 0.2) is 54.6 Å². The number of hydrogen-bond donors (Lipinski definition) is 1. The number of carboxylic acid groups (broad SMARTS) is 1. The molecule has 4 rings (SSSR count). The first-order valence-corrected chi connectivity index (χ1v) is 11.3. The molecule has 1 N–H and O–H groups in total. The molecular weight excluding hydrogens is 456 g/mol. The van der Waals surface area contributed by atoms with Crippen molar-refractivity contribution in [2.24, 2.45) is 0 Å². The largest absolute Gasteiger partial charge is 0.493 e. The molecule has 0 bridgehead atoms. The highest BCUT2D eigenvalue weighted by Gasteiger charge is 2.27. The molecule has 0 fully saturated rings. The van der Waals surface area contributed by atoms with Crippen LogP contribution in [0.1, 0.15) is 29.2 Å². The number of carbonyl (C=O) groups excluding carboxylic acids is 1. The summed E-state index contributed by atoms with van der Waals surface area (Å²) in [4.78, 5) is 25.4. The number of benzene rings is 3. The lowest BCUT2D eigenvalue weighted by Crippen LogP contribution is -2.37. The molecule has 1 amide bonds.